The summed E-state index contributed by atoms with van der Waals surface area (Å²) < 4.78 is 31.9. The van der Waals surface area contributed by atoms with Gasteiger partial charge in [-0.05, 0) is 43.3 Å². The first-order valence-electron chi connectivity index (χ1n) is 5.84. The van der Waals surface area contributed by atoms with Crippen LogP contribution in [-0.2, 0) is 6.61 Å². The summed E-state index contributed by atoms with van der Waals surface area (Å²) in [6.45, 7) is 1.20. The van der Waals surface area contributed by atoms with Gasteiger partial charge in [0.25, 0.3) is 0 Å². The standard InChI is InChI=1S/C15H11ClF2O2/c1-9(19)13-7-11(16)2-5-15(13)20-8-10-6-12(17)3-4-14(10)18/h2-7H,8H2,1H3. The number of Topliss-reactive ketones (excluding diaryl/α,β-unsaturated/α-hetero) is 1. The van der Waals surface area contributed by atoms with Crippen molar-refractivity contribution in [1.82, 2.24) is 0 Å². The Morgan fingerprint density at radius 2 is 1.95 bits per heavy atom. The van der Waals surface area contributed by atoms with Crippen molar-refractivity contribution in [3.05, 3.63) is 64.2 Å². The van der Waals surface area contributed by atoms with Gasteiger partial charge in [0.1, 0.15) is 24.0 Å². The van der Waals surface area contributed by atoms with E-state index < -0.39 is 11.6 Å². The zero-order chi connectivity index (χ0) is 14.7. The Balaban J connectivity index is 2.23. The van der Waals surface area contributed by atoms with Gasteiger partial charge in [-0.15, -0.1) is 0 Å². The second kappa shape index (κ2) is 6.01. The van der Waals surface area contributed by atoms with Crippen LogP contribution in [0, 0.1) is 11.6 Å². The van der Waals surface area contributed by atoms with Gasteiger partial charge in [0.05, 0.1) is 5.56 Å². The maximum absolute atomic E-state index is 13.5. The Kier molecular flexibility index (Phi) is 4.35. The van der Waals surface area contributed by atoms with Gasteiger partial charge in [0.15, 0.2) is 5.78 Å². The molecule has 0 atom stereocenters. The predicted octanol–water partition coefficient (Wildman–Crippen LogP) is 4.40. The molecule has 0 saturated carbocycles. The number of rotatable bonds is 4. The maximum atomic E-state index is 13.5. The lowest BCUT2D eigenvalue weighted by molar-refractivity contribution is 0.101. The first-order chi connectivity index (χ1) is 9.47. The van der Waals surface area contributed by atoms with Crippen molar-refractivity contribution in [2.45, 2.75) is 13.5 Å². The lowest BCUT2D eigenvalue weighted by Gasteiger charge is -2.11. The first-order valence-corrected chi connectivity index (χ1v) is 6.22. The SMILES string of the molecule is CC(=O)c1cc(Cl)ccc1OCc1cc(F)ccc1F. The molecule has 0 saturated heterocycles. The molecule has 0 spiro atoms. The Bertz CT molecular complexity index is 656. The third-order valence-corrected chi connectivity index (χ3v) is 2.95. The van der Waals surface area contributed by atoms with Crippen LogP contribution in [0.2, 0.25) is 5.02 Å². The quantitative estimate of drug-likeness (QED) is 0.782. The number of hydrogen-bond donors (Lipinski definition) is 0. The number of benzene rings is 2. The molecule has 2 rings (SSSR count). The van der Waals surface area contributed by atoms with Gasteiger partial charge in [-0.2, -0.15) is 0 Å². The zero-order valence-corrected chi connectivity index (χ0v) is 11.4. The Labute approximate surface area is 119 Å². The van der Waals surface area contributed by atoms with E-state index in [2.05, 4.69) is 0 Å². The van der Waals surface area contributed by atoms with E-state index in [9.17, 15) is 13.6 Å². The number of carbonyl (C=O) groups excluding carboxylic acids is 1. The molecule has 0 amide bonds. The van der Waals surface area contributed by atoms with Crippen LogP contribution >= 0.6 is 11.6 Å². The molecule has 2 nitrogen and oxygen atoms in total. The lowest BCUT2D eigenvalue weighted by Crippen LogP contribution is -2.03. The molecule has 2 aromatic rings. The normalized spacial score (nSPS) is 10.4. The average Bonchev–Trinajstić information content (AvgIpc) is 2.40. The summed E-state index contributed by atoms with van der Waals surface area (Å²) in [7, 11) is 0. The summed E-state index contributed by atoms with van der Waals surface area (Å²) in [4.78, 5) is 11.5. The van der Waals surface area contributed by atoms with Gasteiger partial charge < -0.3 is 4.74 Å². The number of halogens is 3. The van der Waals surface area contributed by atoms with Crippen LogP contribution in [0.15, 0.2) is 36.4 Å². The summed E-state index contributed by atoms with van der Waals surface area (Å²) in [6, 6.07) is 7.67. The van der Waals surface area contributed by atoms with Gasteiger partial charge in [0, 0.05) is 10.6 Å². The van der Waals surface area contributed by atoms with E-state index >= 15 is 0 Å². The molecular formula is C15H11ClF2O2. The van der Waals surface area contributed by atoms with Crippen LogP contribution in [0.25, 0.3) is 0 Å². The summed E-state index contributed by atoms with van der Waals surface area (Å²) in [5.41, 5.74) is 0.378. The Hall–Kier alpha value is -1.94. The van der Waals surface area contributed by atoms with Crippen molar-refractivity contribution in [2.75, 3.05) is 0 Å². The highest BCUT2D eigenvalue weighted by Crippen LogP contribution is 2.24. The fourth-order valence-corrected chi connectivity index (χ4v) is 1.88. The highest BCUT2D eigenvalue weighted by Gasteiger charge is 2.11. The van der Waals surface area contributed by atoms with Crippen LogP contribution in [0.1, 0.15) is 22.8 Å². The third-order valence-electron chi connectivity index (χ3n) is 2.71. The summed E-state index contributed by atoms with van der Waals surface area (Å²) in [5, 5.41) is 0.402. The highest BCUT2D eigenvalue weighted by molar-refractivity contribution is 6.31. The fourth-order valence-electron chi connectivity index (χ4n) is 1.71. The minimum atomic E-state index is -0.565. The monoisotopic (exact) mass is 296 g/mol. The van der Waals surface area contributed by atoms with Crippen molar-refractivity contribution in [3.8, 4) is 5.75 Å². The molecule has 2 aromatic carbocycles. The fraction of sp³-hybridized carbons (Fsp3) is 0.133. The molecular weight excluding hydrogens is 286 g/mol. The average molecular weight is 297 g/mol. The minimum absolute atomic E-state index is 0.0782. The number of ether oxygens (including phenoxy) is 1. The number of carbonyl (C=O) groups is 1. The van der Waals surface area contributed by atoms with E-state index in [1.165, 1.54) is 19.1 Å². The largest absolute Gasteiger partial charge is 0.488 e. The highest BCUT2D eigenvalue weighted by atomic mass is 35.5. The van der Waals surface area contributed by atoms with Crippen molar-refractivity contribution >= 4 is 17.4 Å². The molecule has 104 valence electrons. The molecule has 0 fully saturated rings. The van der Waals surface area contributed by atoms with Crippen LogP contribution in [-0.4, -0.2) is 5.78 Å². The van der Waals surface area contributed by atoms with Gasteiger partial charge in [-0.1, -0.05) is 11.6 Å². The van der Waals surface area contributed by atoms with Crippen LogP contribution in [0.4, 0.5) is 8.78 Å². The molecule has 0 N–H and O–H groups in total. The molecule has 0 bridgehead atoms. The molecule has 0 aliphatic carbocycles. The molecule has 0 aliphatic rings. The molecule has 5 heteroatoms. The Morgan fingerprint density at radius 3 is 2.65 bits per heavy atom. The lowest BCUT2D eigenvalue weighted by atomic mass is 10.1. The maximum Gasteiger partial charge on any atom is 0.163 e. The second-order valence-electron chi connectivity index (χ2n) is 4.22. The van der Waals surface area contributed by atoms with Crippen LogP contribution in [0.3, 0.4) is 0 Å². The van der Waals surface area contributed by atoms with Crippen LogP contribution in [0.5, 0.6) is 5.75 Å². The van der Waals surface area contributed by atoms with E-state index in [1.807, 2.05) is 0 Å². The van der Waals surface area contributed by atoms with E-state index in [4.69, 9.17) is 16.3 Å². The molecule has 20 heavy (non-hydrogen) atoms. The van der Waals surface area contributed by atoms with Crippen molar-refractivity contribution in [1.29, 1.82) is 0 Å². The first kappa shape index (κ1) is 14.5. The summed E-state index contributed by atoms with van der Waals surface area (Å²) >= 11 is 5.81. The summed E-state index contributed by atoms with van der Waals surface area (Å²) in [6.07, 6.45) is 0. The van der Waals surface area contributed by atoms with Crippen molar-refractivity contribution in [2.24, 2.45) is 0 Å². The smallest absolute Gasteiger partial charge is 0.163 e. The van der Waals surface area contributed by atoms with Crippen molar-refractivity contribution in [3.63, 3.8) is 0 Å². The van der Waals surface area contributed by atoms with E-state index in [0.717, 1.165) is 18.2 Å². The van der Waals surface area contributed by atoms with Gasteiger partial charge in [-0.3, -0.25) is 4.79 Å². The zero-order valence-electron chi connectivity index (χ0n) is 10.6. The van der Waals surface area contributed by atoms with E-state index in [-0.39, 0.29) is 23.7 Å². The Morgan fingerprint density at radius 1 is 1.20 bits per heavy atom. The molecule has 0 radical (unpaired) electrons. The minimum Gasteiger partial charge on any atom is -0.488 e. The number of ketones is 1. The van der Waals surface area contributed by atoms with Crippen LogP contribution < -0.4 is 4.74 Å². The number of hydrogen-bond acceptors (Lipinski definition) is 2. The van der Waals surface area contributed by atoms with Crippen molar-refractivity contribution < 1.29 is 18.3 Å². The molecule has 0 heterocycles. The van der Waals surface area contributed by atoms with Gasteiger partial charge in [-0.25, -0.2) is 8.78 Å². The van der Waals surface area contributed by atoms with Gasteiger partial charge >= 0.3 is 0 Å². The molecule has 0 aromatic heterocycles. The van der Waals surface area contributed by atoms with E-state index in [1.54, 1.807) is 6.07 Å². The van der Waals surface area contributed by atoms with E-state index in [0.29, 0.717) is 10.6 Å². The predicted molar refractivity (Wildman–Crippen MR) is 72.1 cm³/mol. The van der Waals surface area contributed by atoms with Gasteiger partial charge in [0.2, 0.25) is 0 Å². The third kappa shape index (κ3) is 3.33. The second-order valence-corrected chi connectivity index (χ2v) is 4.66. The molecule has 0 aliphatic heterocycles. The molecule has 0 unspecified atom stereocenters. The summed E-state index contributed by atoms with van der Waals surface area (Å²) in [5.74, 6) is -1.05. The topological polar surface area (TPSA) is 26.3 Å².